The molecule has 1 unspecified atom stereocenters. The van der Waals surface area contributed by atoms with Crippen LogP contribution < -0.4 is 5.32 Å². The lowest BCUT2D eigenvalue weighted by Crippen LogP contribution is -2.39. The number of hydrogen-bond donors (Lipinski definition) is 2. The van der Waals surface area contributed by atoms with Crippen LogP contribution in [0.2, 0.25) is 0 Å². The Balaban J connectivity index is 2.65. The molecule has 0 aliphatic rings. The van der Waals surface area contributed by atoms with Crippen LogP contribution >= 0.6 is 0 Å². The van der Waals surface area contributed by atoms with Gasteiger partial charge in [-0.25, -0.2) is 0 Å². The lowest BCUT2D eigenvalue weighted by molar-refractivity contribution is -0.176. The van der Waals surface area contributed by atoms with Crippen LogP contribution in [0, 0.1) is 0 Å². The standard InChI is InChI=1S/C9H8F3NO2/c10-9(11,12)8(15)13-7(14)6-4-2-1-3-5-6/h1-5,7,14H,(H,13,15). The van der Waals surface area contributed by atoms with E-state index in [1.807, 2.05) is 0 Å². The number of amides is 1. The summed E-state index contributed by atoms with van der Waals surface area (Å²) in [6.07, 6.45) is -6.64. The third kappa shape index (κ3) is 3.25. The highest BCUT2D eigenvalue weighted by Gasteiger charge is 2.39. The van der Waals surface area contributed by atoms with Gasteiger partial charge in [-0.15, -0.1) is 0 Å². The quantitative estimate of drug-likeness (QED) is 0.738. The summed E-state index contributed by atoms with van der Waals surface area (Å²) >= 11 is 0. The predicted molar refractivity (Wildman–Crippen MR) is 45.6 cm³/mol. The van der Waals surface area contributed by atoms with E-state index in [2.05, 4.69) is 0 Å². The third-order valence-electron chi connectivity index (χ3n) is 1.64. The number of halogens is 3. The summed E-state index contributed by atoms with van der Waals surface area (Å²) in [4.78, 5) is 10.5. The normalized spacial score (nSPS) is 13.3. The molecule has 3 nitrogen and oxygen atoms in total. The minimum Gasteiger partial charge on any atom is -0.369 e. The summed E-state index contributed by atoms with van der Waals surface area (Å²) in [6.45, 7) is 0. The van der Waals surface area contributed by atoms with Crippen molar-refractivity contribution in [2.45, 2.75) is 12.4 Å². The molecule has 0 bridgehead atoms. The average molecular weight is 219 g/mol. The maximum atomic E-state index is 11.8. The fraction of sp³-hybridized carbons (Fsp3) is 0.222. The van der Waals surface area contributed by atoms with Crippen LogP contribution in [0.4, 0.5) is 13.2 Å². The molecule has 6 heteroatoms. The second kappa shape index (κ2) is 4.31. The Morgan fingerprint density at radius 2 is 1.80 bits per heavy atom. The topological polar surface area (TPSA) is 49.3 Å². The van der Waals surface area contributed by atoms with Crippen molar-refractivity contribution in [3.05, 3.63) is 35.9 Å². The van der Waals surface area contributed by atoms with E-state index in [1.165, 1.54) is 29.6 Å². The molecular weight excluding hydrogens is 211 g/mol. The van der Waals surface area contributed by atoms with Crippen LogP contribution in [0.1, 0.15) is 11.8 Å². The molecule has 1 aromatic rings. The molecular formula is C9H8F3NO2. The molecule has 2 N–H and O–H groups in total. The first kappa shape index (κ1) is 11.5. The molecule has 0 saturated heterocycles. The van der Waals surface area contributed by atoms with Gasteiger partial charge in [-0.05, 0) is 0 Å². The number of rotatable bonds is 2. The van der Waals surface area contributed by atoms with Gasteiger partial charge in [0.2, 0.25) is 0 Å². The molecule has 1 atom stereocenters. The zero-order chi connectivity index (χ0) is 11.5. The lowest BCUT2D eigenvalue weighted by Gasteiger charge is -2.14. The summed E-state index contributed by atoms with van der Waals surface area (Å²) < 4.78 is 35.4. The smallest absolute Gasteiger partial charge is 0.369 e. The van der Waals surface area contributed by atoms with Crippen molar-refractivity contribution in [3.63, 3.8) is 0 Å². The van der Waals surface area contributed by atoms with Crippen molar-refractivity contribution in [2.24, 2.45) is 0 Å². The van der Waals surface area contributed by atoms with Crippen LogP contribution in [-0.4, -0.2) is 17.2 Å². The number of aliphatic hydroxyl groups is 1. The maximum Gasteiger partial charge on any atom is 0.471 e. The van der Waals surface area contributed by atoms with Crippen molar-refractivity contribution < 1.29 is 23.1 Å². The molecule has 0 heterocycles. The van der Waals surface area contributed by atoms with Crippen molar-refractivity contribution in [3.8, 4) is 0 Å². The molecule has 82 valence electrons. The Hall–Kier alpha value is -1.56. The van der Waals surface area contributed by atoms with Crippen molar-refractivity contribution >= 4 is 5.91 Å². The largest absolute Gasteiger partial charge is 0.471 e. The molecule has 15 heavy (non-hydrogen) atoms. The molecule has 0 spiro atoms. The van der Waals surface area contributed by atoms with Gasteiger partial charge >= 0.3 is 12.1 Å². The zero-order valence-electron chi connectivity index (χ0n) is 7.45. The number of nitrogens with one attached hydrogen (secondary N) is 1. The van der Waals surface area contributed by atoms with Crippen LogP contribution in [0.3, 0.4) is 0 Å². The first-order valence-corrected chi connectivity index (χ1v) is 4.02. The van der Waals surface area contributed by atoms with Crippen LogP contribution in [0.25, 0.3) is 0 Å². The highest BCUT2D eigenvalue weighted by Crippen LogP contribution is 2.17. The molecule has 0 aromatic heterocycles. The Kier molecular flexibility index (Phi) is 3.31. The van der Waals surface area contributed by atoms with Gasteiger partial charge in [0.15, 0.2) is 6.23 Å². The number of alkyl halides is 3. The number of aliphatic hydroxyl groups excluding tert-OH is 1. The highest BCUT2D eigenvalue weighted by molar-refractivity contribution is 5.81. The van der Waals surface area contributed by atoms with Crippen molar-refractivity contribution in [2.75, 3.05) is 0 Å². The average Bonchev–Trinajstić information content (AvgIpc) is 2.17. The number of carbonyl (C=O) groups is 1. The van der Waals surface area contributed by atoms with Crippen molar-refractivity contribution in [1.29, 1.82) is 0 Å². The number of hydrogen-bond acceptors (Lipinski definition) is 2. The van der Waals surface area contributed by atoms with E-state index in [1.54, 1.807) is 6.07 Å². The van der Waals surface area contributed by atoms with E-state index < -0.39 is 18.3 Å². The summed E-state index contributed by atoms with van der Waals surface area (Å²) in [7, 11) is 0. The van der Waals surface area contributed by atoms with E-state index in [0.717, 1.165) is 0 Å². The minimum atomic E-state index is -4.99. The van der Waals surface area contributed by atoms with Crippen LogP contribution in [-0.2, 0) is 4.79 Å². The Labute approximate surface area is 83.5 Å². The van der Waals surface area contributed by atoms with Gasteiger partial charge in [-0.2, -0.15) is 13.2 Å². The first-order chi connectivity index (χ1) is 6.91. The molecule has 0 aliphatic heterocycles. The Morgan fingerprint density at radius 3 is 2.27 bits per heavy atom. The van der Waals surface area contributed by atoms with Gasteiger partial charge in [0.05, 0.1) is 0 Å². The fourth-order valence-corrected chi connectivity index (χ4v) is 0.925. The second-order valence-corrected chi connectivity index (χ2v) is 2.78. The number of carbonyl (C=O) groups excluding carboxylic acids is 1. The third-order valence-corrected chi connectivity index (χ3v) is 1.64. The van der Waals surface area contributed by atoms with Crippen LogP contribution in [0.5, 0.6) is 0 Å². The summed E-state index contributed by atoms with van der Waals surface area (Å²) in [5.41, 5.74) is 0.190. The van der Waals surface area contributed by atoms with Gasteiger partial charge in [-0.1, -0.05) is 30.3 Å². The maximum absolute atomic E-state index is 11.8. The molecule has 1 rings (SSSR count). The number of benzene rings is 1. The van der Waals surface area contributed by atoms with E-state index in [9.17, 15) is 23.1 Å². The molecule has 1 amide bonds. The van der Waals surface area contributed by atoms with E-state index in [4.69, 9.17) is 0 Å². The summed E-state index contributed by atoms with van der Waals surface area (Å²) in [6, 6.07) is 7.53. The minimum absolute atomic E-state index is 0.190. The molecule has 1 aromatic carbocycles. The van der Waals surface area contributed by atoms with Gasteiger partial charge in [0, 0.05) is 5.56 Å². The van der Waals surface area contributed by atoms with Gasteiger partial charge in [-0.3, -0.25) is 4.79 Å². The first-order valence-electron chi connectivity index (χ1n) is 4.02. The van der Waals surface area contributed by atoms with Crippen molar-refractivity contribution in [1.82, 2.24) is 5.32 Å². The van der Waals surface area contributed by atoms with Crippen LogP contribution in [0.15, 0.2) is 30.3 Å². The lowest BCUT2D eigenvalue weighted by atomic mass is 10.2. The van der Waals surface area contributed by atoms with Gasteiger partial charge in [0.25, 0.3) is 0 Å². The summed E-state index contributed by atoms with van der Waals surface area (Å²) in [5, 5.41) is 10.7. The Morgan fingerprint density at radius 1 is 1.27 bits per heavy atom. The fourth-order valence-electron chi connectivity index (χ4n) is 0.925. The highest BCUT2D eigenvalue weighted by atomic mass is 19.4. The monoisotopic (exact) mass is 219 g/mol. The van der Waals surface area contributed by atoms with Gasteiger partial charge < -0.3 is 10.4 Å². The van der Waals surface area contributed by atoms with Gasteiger partial charge in [0.1, 0.15) is 0 Å². The molecule has 0 aliphatic carbocycles. The molecule has 0 fully saturated rings. The summed E-state index contributed by atoms with van der Waals surface area (Å²) in [5.74, 6) is -2.17. The Bertz CT molecular complexity index is 337. The SMILES string of the molecule is O=C(NC(O)c1ccccc1)C(F)(F)F. The van der Waals surface area contributed by atoms with E-state index in [0.29, 0.717) is 0 Å². The molecule has 0 saturated carbocycles. The van der Waals surface area contributed by atoms with E-state index >= 15 is 0 Å². The molecule has 0 radical (unpaired) electrons. The van der Waals surface area contributed by atoms with E-state index in [-0.39, 0.29) is 5.56 Å². The second-order valence-electron chi connectivity index (χ2n) is 2.78. The predicted octanol–water partition coefficient (Wildman–Crippen LogP) is 1.36. The zero-order valence-corrected chi connectivity index (χ0v) is 7.45.